The summed E-state index contributed by atoms with van der Waals surface area (Å²) in [7, 11) is 0. The van der Waals surface area contributed by atoms with E-state index in [0.29, 0.717) is 5.95 Å². The van der Waals surface area contributed by atoms with Crippen molar-refractivity contribution in [1.82, 2.24) is 19.5 Å². The third kappa shape index (κ3) is 1.48. The van der Waals surface area contributed by atoms with E-state index in [-0.39, 0.29) is 0 Å². The van der Waals surface area contributed by atoms with Crippen molar-refractivity contribution in [2.45, 2.75) is 13.1 Å². The number of nitrogens with zero attached hydrogens (tertiary/aromatic N) is 5. The van der Waals surface area contributed by atoms with Crippen molar-refractivity contribution < 1.29 is 0 Å². The first-order valence-electron chi connectivity index (χ1n) is 5.16. The van der Waals surface area contributed by atoms with E-state index in [1.807, 2.05) is 18.5 Å². The maximum Gasteiger partial charge on any atom is 0.221 e. The van der Waals surface area contributed by atoms with E-state index in [1.54, 1.807) is 6.20 Å². The van der Waals surface area contributed by atoms with Crippen LogP contribution in [0.5, 0.6) is 0 Å². The molecule has 0 saturated carbocycles. The number of imidazole rings is 1. The van der Waals surface area contributed by atoms with E-state index in [0.717, 1.165) is 31.3 Å². The molecule has 0 atom stereocenters. The lowest BCUT2D eigenvalue weighted by Crippen LogP contribution is -2.34. The molecule has 2 N–H and O–H groups in total. The lowest BCUT2D eigenvalue weighted by molar-refractivity contribution is 0.556. The molecule has 0 bridgehead atoms. The number of nitrogens with two attached hydrogens (primary N) is 1. The molecule has 3 heterocycles. The van der Waals surface area contributed by atoms with Crippen LogP contribution in [-0.2, 0) is 13.1 Å². The van der Waals surface area contributed by atoms with Crippen molar-refractivity contribution in [2.24, 2.45) is 0 Å². The van der Waals surface area contributed by atoms with Crippen molar-refractivity contribution in [3.63, 3.8) is 0 Å². The molecule has 0 aliphatic carbocycles. The molecule has 0 saturated heterocycles. The van der Waals surface area contributed by atoms with Gasteiger partial charge in [-0.3, -0.25) is 0 Å². The van der Waals surface area contributed by atoms with Crippen molar-refractivity contribution in [3.05, 3.63) is 30.5 Å². The molecular formula is C10H12N6. The van der Waals surface area contributed by atoms with E-state index in [9.17, 15) is 0 Å². The zero-order valence-electron chi connectivity index (χ0n) is 8.74. The van der Waals surface area contributed by atoms with Gasteiger partial charge < -0.3 is 15.2 Å². The highest BCUT2D eigenvalue weighted by Crippen LogP contribution is 2.17. The van der Waals surface area contributed by atoms with Crippen LogP contribution >= 0.6 is 0 Å². The normalized spacial score (nSPS) is 14.9. The van der Waals surface area contributed by atoms with E-state index < -0.39 is 0 Å². The van der Waals surface area contributed by atoms with Crippen LogP contribution in [0.3, 0.4) is 0 Å². The highest BCUT2D eigenvalue weighted by Gasteiger charge is 2.17. The number of nitrogen functional groups attached to an aromatic ring is 1. The monoisotopic (exact) mass is 216 g/mol. The summed E-state index contributed by atoms with van der Waals surface area (Å²) in [5.41, 5.74) is 5.57. The summed E-state index contributed by atoms with van der Waals surface area (Å²) in [5, 5.41) is 0. The van der Waals surface area contributed by atoms with Crippen LogP contribution in [0.4, 0.5) is 11.8 Å². The smallest absolute Gasteiger partial charge is 0.221 e. The van der Waals surface area contributed by atoms with Gasteiger partial charge in [-0.15, -0.1) is 0 Å². The highest BCUT2D eigenvalue weighted by atomic mass is 15.3. The average Bonchev–Trinajstić information content (AvgIpc) is 2.75. The van der Waals surface area contributed by atoms with Gasteiger partial charge in [0.25, 0.3) is 0 Å². The minimum Gasteiger partial charge on any atom is -0.368 e. The van der Waals surface area contributed by atoms with Gasteiger partial charge in [0.1, 0.15) is 11.6 Å². The average molecular weight is 216 g/mol. The SMILES string of the molecule is Nc1nccc(N2CCn3ccnc3C2)n1. The summed E-state index contributed by atoms with van der Waals surface area (Å²) in [4.78, 5) is 14.6. The number of aromatic nitrogens is 4. The minimum atomic E-state index is 0.311. The molecule has 0 fully saturated rings. The van der Waals surface area contributed by atoms with Crippen molar-refractivity contribution in [1.29, 1.82) is 0 Å². The topological polar surface area (TPSA) is 72.9 Å². The standard InChI is InChI=1S/C10H12N6/c11-10-13-2-1-8(14-10)16-6-5-15-4-3-12-9(15)7-16/h1-4H,5-7H2,(H2,11,13,14). The van der Waals surface area contributed by atoms with Gasteiger partial charge in [-0.25, -0.2) is 9.97 Å². The molecule has 1 aliphatic heterocycles. The molecule has 0 radical (unpaired) electrons. The quantitative estimate of drug-likeness (QED) is 0.741. The van der Waals surface area contributed by atoms with Crippen molar-refractivity contribution >= 4 is 11.8 Å². The summed E-state index contributed by atoms with van der Waals surface area (Å²) in [6.45, 7) is 2.61. The molecular weight excluding hydrogens is 204 g/mol. The van der Waals surface area contributed by atoms with Crippen LogP contribution in [-0.4, -0.2) is 26.1 Å². The second-order valence-electron chi connectivity index (χ2n) is 3.73. The Labute approximate surface area is 92.8 Å². The Kier molecular flexibility index (Phi) is 1.99. The van der Waals surface area contributed by atoms with E-state index >= 15 is 0 Å². The number of rotatable bonds is 1. The predicted octanol–water partition coefficient (Wildman–Crippen LogP) is 0.275. The molecule has 3 rings (SSSR count). The van der Waals surface area contributed by atoms with Crippen LogP contribution in [0.15, 0.2) is 24.7 Å². The fourth-order valence-corrected chi connectivity index (χ4v) is 1.91. The highest BCUT2D eigenvalue weighted by molar-refractivity contribution is 5.41. The Morgan fingerprint density at radius 3 is 3.00 bits per heavy atom. The first kappa shape index (κ1) is 9.14. The van der Waals surface area contributed by atoms with Gasteiger partial charge in [0.2, 0.25) is 5.95 Å². The number of hydrogen-bond donors (Lipinski definition) is 1. The molecule has 0 spiro atoms. The van der Waals surface area contributed by atoms with Crippen LogP contribution in [0.25, 0.3) is 0 Å². The fourth-order valence-electron chi connectivity index (χ4n) is 1.91. The molecule has 6 heteroatoms. The largest absolute Gasteiger partial charge is 0.368 e. The third-order valence-corrected chi connectivity index (χ3v) is 2.73. The maximum absolute atomic E-state index is 5.57. The number of hydrogen-bond acceptors (Lipinski definition) is 5. The summed E-state index contributed by atoms with van der Waals surface area (Å²) in [6, 6.07) is 1.87. The molecule has 0 amide bonds. The fraction of sp³-hybridized carbons (Fsp3) is 0.300. The molecule has 0 aromatic carbocycles. The van der Waals surface area contributed by atoms with Crippen molar-refractivity contribution in [3.8, 4) is 0 Å². The lowest BCUT2D eigenvalue weighted by Gasteiger charge is -2.28. The molecule has 82 valence electrons. The predicted molar refractivity (Wildman–Crippen MR) is 59.7 cm³/mol. The molecule has 1 aliphatic rings. The summed E-state index contributed by atoms with van der Waals surface area (Å²) < 4.78 is 2.15. The van der Waals surface area contributed by atoms with Crippen LogP contribution in [0.2, 0.25) is 0 Å². The number of fused-ring (bicyclic) bond motifs is 1. The lowest BCUT2D eigenvalue weighted by atomic mass is 10.3. The molecule has 6 nitrogen and oxygen atoms in total. The third-order valence-electron chi connectivity index (χ3n) is 2.73. The Morgan fingerprint density at radius 2 is 2.12 bits per heavy atom. The minimum absolute atomic E-state index is 0.311. The second-order valence-corrected chi connectivity index (χ2v) is 3.73. The summed E-state index contributed by atoms with van der Waals surface area (Å²) in [5.74, 6) is 2.23. The molecule has 0 unspecified atom stereocenters. The van der Waals surface area contributed by atoms with Gasteiger partial charge in [0, 0.05) is 31.7 Å². The summed E-state index contributed by atoms with van der Waals surface area (Å²) in [6.07, 6.45) is 5.51. The Hall–Kier alpha value is -2.11. The van der Waals surface area contributed by atoms with Gasteiger partial charge in [-0.1, -0.05) is 0 Å². The van der Waals surface area contributed by atoms with E-state index in [2.05, 4.69) is 24.4 Å². The Bertz CT molecular complexity index is 506. The number of anilines is 2. The van der Waals surface area contributed by atoms with Gasteiger partial charge in [0.15, 0.2) is 0 Å². The summed E-state index contributed by atoms with van der Waals surface area (Å²) >= 11 is 0. The van der Waals surface area contributed by atoms with Crippen LogP contribution < -0.4 is 10.6 Å². The van der Waals surface area contributed by atoms with Crippen LogP contribution in [0.1, 0.15) is 5.82 Å². The Balaban J connectivity index is 1.88. The van der Waals surface area contributed by atoms with Gasteiger partial charge in [0.05, 0.1) is 6.54 Å². The van der Waals surface area contributed by atoms with Gasteiger partial charge in [-0.05, 0) is 6.07 Å². The molecule has 16 heavy (non-hydrogen) atoms. The molecule has 2 aromatic rings. The zero-order valence-corrected chi connectivity index (χ0v) is 8.74. The van der Waals surface area contributed by atoms with Gasteiger partial charge >= 0.3 is 0 Å². The second kappa shape index (κ2) is 3.48. The maximum atomic E-state index is 5.57. The first-order chi connectivity index (χ1) is 7.83. The molecule has 2 aromatic heterocycles. The Morgan fingerprint density at radius 1 is 1.19 bits per heavy atom. The van der Waals surface area contributed by atoms with Crippen LogP contribution in [0, 0.1) is 0 Å². The van der Waals surface area contributed by atoms with E-state index in [1.165, 1.54) is 0 Å². The van der Waals surface area contributed by atoms with Crippen molar-refractivity contribution in [2.75, 3.05) is 17.2 Å². The zero-order chi connectivity index (χ0) is 11.0. The first-order valence-corrected chi connectivity index (χ1v) is 5.16. The van der Waals surface area contributed by atoms with Gasteiger partial charge in [-0.2, -0.15) is 4.98 Å². The van der Waals surface area contributed by atoms with E-state index in [4.69, 9.17) is 5.73 Å².